The molecule has 6 heteroatoms. The van der Waals surface area contributed by atoms with E-state index in [1.165, 1.54) is 5.69 Å². The second kappa shape index (κ2) is 6.15. The van der Waals surface area contributed by atoms with Crippen LogP contribution in [0.3, 0.4) is 0 Å². The van der Waals surface area contributed by atoms with Crippen LogP contribution in [0.15, 0.2) is 6.07 Å². The maximum atomic E-state index is 11.4. The number of aliphatic carboxylic acids is 1. The molecule has 2 aliphatic heterocycles. The molecule has 1 aromatic heterocycles. The lowest BCUT2D eigenvalue weighted by Gasteiger charge is -2.39. The summed E-state index contributed by atoms with van der Waals surface area (Å²) in [6, 6.07) is 1.87. The van der Waals surface area contributed by atoms with Gasteiger partial charge in [-0.15, -0.1) is 0 Å². The van der Waals surface area contributed by atoms with E-state index < -0.39 is 5.97 Å². The lowest BCUT2D eigenvalue weighted by Crippen LogP contribution is -2.40. The summed E-state index contributed by atoms with van der Waals surface area (Å²) in [7, 11) is 1.94. The van der Waals surface area contributed by atoms with E-state index in [9.17, 15) is 9.90 Å². The molecule has 2 saturated heterocycles. The average Bonchev–Trinajstić information content (AvgIpc) is 3.07. The number of hydrogen-bond donors (Lipinski definition) is 2. The van der Waals surface area contributed by atoms with Crippen molar-refractivity contribution in [2.24, 2.45) is 5.41 Å². The fourth-order valence-corrected chi connectivity index (χ4v) is 4.16. The molecule has 0 bridgehead atoms. The summed E-state index contributed by atoms with van der Waals surface area (Å²) >= 11 is 0. The predicted octanol–water partition coefficient (Wildman–Crippen LogP) is 2.08. The topological polar surface area (TPSA) is 72.5 Å². The molecular weight excluding hydrogens is 304 g/mol. The number of piperidine rings is 1. The Morgan fingerprint density at radius 2 is 2.08 bits per heavy atom. The molecule has 2 fully saturated rings. The number of rotatable bonds is 3. The molecule has 1 atom stereocenters. The predicted molar refractivity (Wildman–Crippen MR) is 92.9 cm³/mol. The molecule has 134 valence electrons. The number of carboxylic acids is 1. The van der Waals surface area contributed by atoms with Crippen LogP contribution in [0.1, 0.15) is 51.4 Å². The molecule has 2 aliphatic rings. The van der Waals surface area contributed by atoms with Crippen LogP contribution in [-0.4, -0.2) is 63.8 Å². The third-order valence-corrected chi connectivity index (χ3v) is 5.74. The van der Waals surface area contributed by atoms with Crippen LogP contribution in [0.25, 0.3) is 0 Å². The third kappa shape index (κ3) is 3.49. The van der Waals surface area contributed by atoms with E-state index in [2.05, 4.69) is 41.9 Å². The Morgan fingerprint density at radius 1 is 1.42 bits per heavy atom. The van der Waals surface area contributed by atoms with Gasteiger partial charge < -0.3 is 5.11 Å². The largest absolute Gasteiger partial charge is 0.480 e. The minimum absolute atomic E-state index is 0.0704. The zero-order chi connectivity index (χ0) is 17.5. The molecule has 3 heterocycles. The van der Waals surface area contributed by atoms with Gasteiger partial charge in [-0.2, -0.15) is 5.10 Å². The van der Waals surface area contributed by atoms with Crippen LogP contribution in [0.5, 0.6) is 0 Å². The number of likely N-dealkylation sites (tertiary alicyclic amines) is 2. The number of H-pyrrole nitrogens is 1. The van der Waals surface area contributed by atoms with Crippen molar-refractivity contribution < 1.29 is 9.90 Å². The van der Waals surface area contributed by atoms with E-state index in [0.717, 1.165) is 51.1 Å². The summed E-state index contributed by atoms with van der Waals surface area (Å²) in [6.07, 6.45) is 2.97. The highest BCUT2D eigenvalue weighted by molar-refractivity contribution is 5.74. The van der Waals surface area contributed by atoms with Crippen LogP contribution in [0, 0.1) is 5.41 Å². The van der Waals surface area contributed by atoms with Crippen LogP contribution < -0.4 is 0 Å². The molecule has 1 aromatic rings. The maximum absolute atomic E-state index is 11.4. The smallest absolute Gasteiger partial charge is 0.320 e. The SMILES string of the molecule is CN1CC2(CCN(Cc3cc(C(C)(C)C)n[nH]3)CC2)CC1C(=O)O. The van der Waals surface area contributed by atoms with Crippen molar-refractivity contribution >= 4 is 5.97 Å². The summed E-state index contributed by atoms with van der Waals surface area (Å²) < 4.78 is 0. The van der Waals surface area contributed by atoms with Gasteiger partial charge in [-0.1, -0.05) is 20.8 Å². The zero-order valence-corrected chi connectivity index (χ0v) is 15.3. The lowest BCUT2D eigenvalue weighted by atomic mass is 9.76. The molecule has 0 saturated carbocycles. The van der Waals surface area contributed by atoms with E-state index >= 15 is 0 Å². The highest BCUT2D eigenvalue weighted by Gasteiger charge is 2.46. The minimum atomic E-state index is -0.677. The first-order valence-electron chi connectivity index (χ1n) is 8.89. The summed E-state index contributed by atoms with van der Waals surface area (Å²) in [6.45, 7) is 10.4. The molecule has 0 aromatic carbocycles. The fraction of sp³-hybridized carbons (Fsp3) is 0.778. The molecule has 2 N–H and O–H groups in total. The summed E-state index contributed by atoms with van der Waals surface area (Å²) in [5, 5.41) is 17.0. The van der Waals surface area contributed by atoms with Crippen molar-refractivity contribution in [2.45, 2.75) is 58.0 Å². The fourth-order valence-electron chi connectivity index (χ4n) is 4.16. The standard InChI is InChI=1S/C18H30N4O2/c1-17(2,3)15-9-13(19-20-15)11-22-7-5-18(6-8-22)10-14(16(23)24)21(4)12-18/h9,14H,5-8,10-12H2,1-4H3,(H,19,20)(H,23,24). The van der Waals surface area contributed by atoms with Gasteiger partial charge in [0.2, 0.25) is 0 Å². The van der Waals surface area contributed by atoms with Crippen molar-refractivity contribution in [3.05, 3.63) is 17.5 Å². The quantitative estimate of drug-likeness (QED) is 0.885. The average molecular weight is 334 g/mol. The van der Waals surface area contributed by atoms with E-state index in [1.54, 1.807) is 0 Å². The molecule has 6 nitrogen and oxygen atoms in total. The first kappa shape index (κ1) is 17.4. The maximum Gasteiger partial charge on any atom is 0.320 e. The van der Waals surface area contributed by atoms with Crippen molar-refractivity contribution in [3.63, 3.8) is 0 Å². The van der Waals surface area contributed by atoms with E-state index in [4.69, 9.17) is 0 Å². The molecule has 0 radical (unpaired) electrons. The van der Waals surface area contributed by atoms with E-state index in [0.29, 0.717) is 0 Å². The van der Waals surface area contributed by atoms with Crippen molar-refractivity contribution in [3.8, 4) is 0 Å². The first-order chi connectivity index (χ1) is 11.2. The van der Waals surface area contributed by atoms with Crippen LogP contribution in [0.2, 0.25) is 0 Å². The molecule has 3 rings (SSSR count). The Bertz CT molecular complexity index is 596. The number of nitrogens with one attached hydrogen (secondary N) is 1. The number of aromatic nitrogens is 2. The number of nitrogens with zero attached hydrogens (tertiary/aromatic N) is 3. The Hall–Kier alpha value is -1.40. The highest BCUT2D eigenvalue weighted by Crippen LogP contribution is 2.43. The molecule has 0 aliphatic carbocycles. The normalized spacial score (nSPS) is 25.4. The summed E-state index contributed by atoms with van der Waals surface area (Å²) in [5.74, 6) is -0.677. The van der Waals surface area contributed by atoms with Crippen molar-refractivity contribution in [1.82, 2.24) is 20.0 Å². The van der Waals surface area contributed by atoms with Crippen LogP contribution >= 0.6 is 0 Å². The van der Waals surface area contributed by atoms with Gasteiger partial charge in [-0.3, -0.25) is 19.7 Å². The number of aromatic amines is 1. The molecular formula is C18H30N4O2. The van der Waals surface area contributed by atoms with Gasteiger partial charge in [0, 0.05) is 24.2 Å². The second-order valence-electron chi connectivity index (χ2n) is 8.78. The van der Waals surface area contributed by atoms with Gasteiger partial charge in [-0.05, 0) is 50.9 Å². The van der Waals surface area contributed by atoms with E-state index in [1.807, 2.05) is 11.9 Å². The Balaban J connectivity index is 1.56. The second-order valence-corrected chi connectivity index (χ2v) is 8.78. The third-order valence-electron chi connectivity index (χ3n) is 5.74. The lowest BCUT2D eigenvalue weighted by molar-refractivity contribution is -0.141. The van der Waals surface area contributed by atoms with Gasteiger partial charge in [0.15, 0.2) is 0 Å². The number of carboxylic acid groups (broad SMARTS) is 1. The molecule has 0 amide bonds. The van der Waals surface area contributed by atoms with Gasteiger partial charge in [0.1, 0.15) is 6.04 Å². The molecule has 1 unspecified atom stereocenters. The van der Waals surface area contributed by atoms with Crippen LogP contribution in [0.4, 0.5) is 0 Å². The summed E-state index contributed by atoms with van der Waals surface area (Å²) in [4.78, 5) is 15.8. The molecule has 24 heavy (non-hydrogen) atoms. The van der Waals surface area contributed by atoms with Gasteiger partial charge in [-0.25, -0.2) is 0 Å². The minimum Gasteiger partial charge on any atom is -0.480 e. The number of hydrogen-bond acceptors (Lipinski definition) is 4. The van der Waals surface area contributed by atoms with Crippen LogP contribution in [-0.2, 0) is 16.8 Å². The van der Waals surface area contributed by atoms with Gasteiger partial charge >= 0.3 is 5.97 Å². The van der Waals surface area contributed by atoms with E-state index in [-0.39, 0.29) is 16.9 Å². The van der Waals surface area contributed by atoms with Crippen molar-refractivity contribution in [2.75, 3.05) is 26.7 Å². The number of likely N-dealkylation sites (N-methyl/N-ethyl adjacent to an activating group) is 1. The molecule has 1 spiro atoms. The number of carbonyl (C=O) groups is 1. The zero-order valence-electron chi connectivity index (χ0n) is 15.3. The van der Waals surface area contributed by atoms with Gasteiger partial charge in [0.25, 0.3) is 0 Å². The monoisotopic (exact) mass is 334 g/mol. The summed E-state index contributed by atoms with van der Waals surface area (Å²) in [5.41, 5.74) is 2.54. The Kier molecular flexibility index (Phi) is 4.47. The Labute approximate surface area is 144 Å². The van der Waals surface area contributed by atoms with Crippen molar-refractivity contribution in [1.29, 1.82) is 0 Å². The highest BCUT2D eigenvalue weighted by atomic mass is 16.4. The Morgan fingerprint density at radius 3 is 2.58 bits per heavy atom. The first-order valence-corrected chi connectivity index (χ1v) is 8.89. The van der Waals surface area contributed by atoms with Gasteiger partial charge in [0.05, 0.1) is 5.69 Å².